The van der Waals surface area contributed by atoms with Crippen molar-refractivity contribution in [2.75, 3.05) is 0 Å². The van der Waals surface area contributed by atoms with Gasteiger partial charge in [-0.15, -0.1) is 0 Å². The lowest BCUT2D eigenvalue weighted by atomic mass is 9.56. The van der Waals surface area contributed by atoms with Crippen LogP contribution in [0.25, 0.3) is 0 Å². The number of carboxylic acid groups (broad SMARTS) is 1. The van der Waals surface area contributed by atoms with E-state index in [1.807, 2.05) is 0 Å². The predicted molar refractivity (Wildman–Crippen MR) is 54.2 cm³/mol. The zero-order valence-electron chi connectivity index (χ0n) is 8.60. The van der Waals surface area contributed by atoms with E-state index < -0.39 is 11.4 Å². The van der Waals surface area contributed by atoms with Gasteiger partial charge in [0.2, 0.25) is 0 Å². The number of fused-ring (bicyclic) bond motifs is 2. The molecule has 0 heterocycles. The lowest BCUT2D eigenvalue weighted by Gasteiger charge is -2.48. The molecule has 0 saturated heterocycles. The molecule has 0 aromatic rings. The highest BCUT2D eigenvalue weighted by Gasteiger charge is 2.59. The first kappa shape index (κ1) is 9.40. The van der Waals surface area contributed by atoms with Crippen LogP contribution in [0.5, 0.6) is 0 Å². The van der Waals surface area contributed by atoms with Crippen molar-refractivity contribution >= 4 is 5.97 Å². The van der Waals surface area contributed by atoms with E-state index in [4.69, 9.17) is 0 Å². The van der Waals surface area contributed by atoms with Gasteiger partial charge in [-0.1, -0.05) is 12.2 Å². The maximum Gasteiger partial charge on any atom is 0.310 e. The van der Waals surface area contributed by atoms with Crippen molar-refractivity contribution in [1.82, 2.24) is 0 Å². The van der Waals surface area contributed by atoms with E-state index in [0.29, 0.717) is 24.7 Å². The molecule has 3 aliphatic rings. The third-order valence-electron chi connectivity index (χ3n) is 4.61. The van der Waals surface area contributed by atoms with Crippen LogP contribution >= 0.6 is 0 Å². The Balaban J connectivity index is 1.86. The highest BCUT2D eigenvalue weighted by Crippen LogP contribution is 2.58. The van der Waals surface area contributed by atoms with Gasteiger partial charge in [-0.3, -0.25) is 4.79 Å². The second kappa shape index (κ2) is 2.85. The van der Waals surface area contributed by atoms with Crippen molar-refractivity contribution in [3.63, 3.8) is 0 Å². The number of carbonyl (C=O) groups is 1. The molecule has 3 aliphatic carbocycles. The van der Waals surface area contributed by atoms with Crippen LogP contribution in [0.15, 0.2) is 12.2 Å². The maximum absolute atomic E-state index is 11.4. The summed E-state index contributed by atoms with van der Waals surface area (Å²) in [5, 5.41) is 18.7. The first-order valence-electron chi connectivity index (χ1n) is 5.71. The van der Waals surface area contributed by atoms with Gasteiger partial charge < -0.3 is 10.2 Å². The topological polar surface area (TPSA) is 57.5 Å². The molecule has 3 nitrogen and oxygen atoms in total. The molecule has 3 heteroatoms. The summed E-state index contributed by atoms with van der Waals surface area (Å²) in [6, 6.07) is 0. The summed E-state index contributed by atoms with van der Waals surface area (Å²) in [5.41, 5.74) is -0.608. The summed E-state index contributed by atoms with van der Waals surface area (Å²) < 4.78 is 0. The van der Waals surface area contributed by atoms with E-state index in [1.165, 1.54) is 0 Å². The molecule has 2 saturated carbocycles. The first-order valence-corrected chi connectivity index (χ1v) is 5.71. The molecule has 0 aliphatic heterocycles. The molecule has 2 N–H and O–H groups in total. The average Bonchev–Trinajstić information content (AvgIpc) is 2.72. The van der Waals surface area contributed by atoms with Crippen LogP contribution in [0.4, 0.5) is 0 Å². The Hall–Kier alpha value is -0.830. The summed E-state index contributed by atoms with van der Waals surface area (Å²) in [6.07, 6.45) is 7.11. The minimum atomic E-state index is -0.696. The molecular weight excluding hydrogens is 192 g/mol. The predicted octanol–water partition coefficient (Wildman–Crippen LogP) is 1.42. The normalized spacial score (nSPS) is 51.8. The van der Waals surface area contributed by atoms with E-state index >= 15 is 0 Å². The number of aliphatic carboxylic acids is 1. The lowest BCUT2D eigenvalue weighted by Crippen LogP contribution is -2.52. The molecule has 0 aromatic carbocycles. The Labute approximate surface area is 88.8 Å². The second-order valence-corrected chi connectivity index (χ2v) is 5.41. The fraction of sp³-hybridized carbons (Fsp3) is 0.750. The van der Waals surface area contributed by atoms with Crippen molar-refractivity contribution in [2.45, 2.75) is 31.8 Å². The zero-order valence-corrected chi connectivity index (χ0v) is 8.60. The Kier molecular flexibility index (Phi) is 1.78. The molecular formula is C12H16O3. The van der Waals surface area contributed by atoms with Crippen molar-refractivity contribution in [2.24, 2.45) is 23.2 Å². The smallest absolute Gasteiger partial charge is 0.310 e. The van der Waals surface area contributed by atoms with Gasteiger partial charge in [-0.2, -0.15) is 0 Å². The SMILES string of the molecule is O=C(O)C1(C2CC3C=CC2C3)CC(O)C1. The van der Waals surface area contributed by atoms with Gasteiger partial charge in [-0.05, 0) is 43.4 Å². The third-order valence-corrected chi connectivity index (χ3v) is 4.61. The number of hydrogen-bond donors (Lipinski definition) is 2. The molecule has 0 amide bonds. The maximum atomic E-state index is 11.4. The molecule has 0 radical (unpaired) electrons. The molecule has 0 aromatic heterocycles. The Bertz CT molecular complexity index is 328. The fourth-order valence-corrected chi connectivity index (χ4v) is 3.83. The van der Waals surface area contributed by atoms with Crippen LogP contribution in [-0.2, 0) is 4.79 Å². The second-order valence-electron chi connectivity index (χ2n) is 5.41. The lowest BCUT2D eigenvalue weighted by molar-refractivity contribution is -0.172. The summed E-state index contributed by atoms with van der Waals surface area (Å²) in [5.74, 6) is 0.639. The van der Waals surface area contributed by atoms with Gasteiger partial charge in [0.25, 0.3) is 0 Å². The molecule has 0 spiro atoms. The number of carboxylic acids is 1. The Morgan fingerprint density at radius 3 is 2.40 bits per heavy atom. The van der Waals surface area contributed by atoms with E-state index in [2.05, 4.69) is 12.2 Å². The van der Waals surface area contributed by atoms with E-state index in [1.54, 1.807) is 0 Å². The quantitative estimate of drug-likeness (QED) is 0.675. The third kappa shape index (κ3) is 1.13. The molecule has 2 bridgehead atoms. The van der Waals surface area contributed by atoms with Gasteiger partial charge in [0.1, 0.15) is 0 Å². The van der Waals surface area contributed by atoms with Gasteiger partial charge in [0.15, 0.2) is 0 Å². The Morgan fingerprint density at radius 1 is 1.27 bits per heavy atom. The van der Waals surface area contributed by atoms with Crippen molar-refractivity contribution in [3.05, 3.63) is 12.2 Å². The highest BCUT2D eigenvalue weighted by atomic mass is 16.4. The van der Waals surface area contributed by atoms with Crippen LogP contribution in [0, 0.1) is 23.2 Å². The monoisotopic (exact) mass is 208 g/mol. The van der Waals surface area contributed by atoms with E-state index in [-0.39, 0.29) is 12.0 Å². The van der Waals surface area contributed by atoms with Crippen LogP contribution in [-0.4, -0.2) is 22.3 Å². The highest BCUT2D eigenvalue weighted by molar-refractivity contribution is 5.76. The fourth-order valence-electron chi connectivity index (χ4n) is 3.83. The van der Waals surface area contributed by atoms with Crippen molar-refractivity contribution < 1.29 is 15.0 Å². The van der Waals surface area contributed by atoms with Crippen LogP contribution < -0.4 is 0 Å². The van der Waals surface area contributed by atoms with Gasteiger partial charge in [0.05, 0.1) is 11.5 Å². The summed E-state index contributed by atoms with van der Waals surface area (Å²) in [4.78, 5) is 11.4. The number of aliphatic hydroxyl groups is 1. The van der Waals surface area contributed by atoms with E-state index in [9.17, 15) is 15.0 Å². The number of allylic oxidation sites excluding steroid dienone is 2. The molecule has 2 fully saturated rings. The number of rotatable bonds is 2. The molecule has 3 rings (SSSR count). The largest absolute Gasteiger partial charge is 0.481 e. The summed E-state index contributed by atoms with van der Waals surface area (Å²) in [7, 11) is 0. The number of hydrogen-bond acceptors (Lipinski definition) is 2. The van der Waals surface area contributed by atoms with Gasteiger partial charge in [0, 0.05) is 0 Å². The first-order chi connectivity index (χ1) is 7.12. The summed E-state index contributed by atoms with van der Waals surface area (Å²) in [6.45, 7) is 0. The van der Waals surface area contributed by atoms with Crippen LogP contribution in [0.3, 0.4) is 0 Å². The summed E-state index contributed by atoms with van der Waals surface area (Å²) >= 11 is 0. The average molecular weight is 208 g/mol. The standard InChI is InChI=1S/C12H16O3/c13-9-5-12(6-9,11(14)15)10-4-7-1-2-8(10)3-7/h1-2,7-10,13H,3-6H2,(H,14,15). The van der Waals surface area contributed by atoms with Gasteiger partial charge >= 0.3 is 5.97 Å². The van der Waals surface area contributed by atoms with Gasteiger partial charge in [-0.25, -0.2) is 0 Å². The van der Waals surface area contributed by atoms with Crippen molar-refractivity contribution in [3.8, 4) is 0 Å². The van der Waals surface area contributed by atoms with Crippen LogP contribution in [0.1, 0.15) is 25.7 Å². The molecule has 82 valence electrons. The minimum Gasteiger partial charge on any atom is -0.481 e. The molecule has 15 heavy (non-hydrogen) atoms. The van der Waals surface area contributed by atoms with E-state index in [0.717, 1.165) is 12.8 Å². The molecule has 3 unspecified atom stereocenters. The molecule has 3 atom stereocenters. The zero-order chi connectivity index (χ0) is 10.6. The Morgan fingerprint density at radius 2 is 2.00 bits per heavy atom. The minimum absolute atomic E-state index is 0.272. The van der Waals surface area contributed by atoms with Crippen molar-refractivity contribution in [1.29, 1.82) is 0 Å². The van der Waals surface area contributed by atoms with Crippen LogP contribution in [0.2, 0.25) is 0 Å². The number of aliphatic hydroxyl groups excluding tert-OH is 1.